The van der Waals surface area contributed by atoms with Crippen LogP contribution < -0.4 is 21.1 Å². The lowest BCUT2D eigenvalue weighted by Gasteiger charge is -2.62. The lowest BCUT2D eigenvalue weighted by atomic mass is 9.49. The molecule has 3 saturated carbocycles. The fourth-order valence-electron chi connectivity index (χ4n) is 5.62. The van der Waals surface area contributed by atoms with Crippen molar-refractivity contribution in [1.29, 1.82) is 0 Å². The molecule has 0 unspecified atom stereocenters. The maximum atomic E-state index is 13.4. The van der Waals surface area contributed by atoms with E-state index < -0.39 is 0 Å². The first-order valence-electron chi connectivity index (χ1n) is 11.6. The Kier molecular flexibility index (Phi) is 4.52. The minimum Gasteiger partial charge on any atom is -0.368 e. The Morgan fingerprint density at radius 2 is 1.91 bits per heavy atom. The summed E-state index contributed by atoms with van der Waals surface area (Å²) in [5.41, 5.74) is 2.15. The molecule has 4 aliphatic rings. The van der Waals surface area contributed by atoms with Gasteiger partial charge in [-0.1, -0.05) is 0 Å². The molecule has 9 heteroatoms. The van der Waals surface area contributed by atoms with Crippen molar-refractivity contribution in [3.8, 4) is 0 Å². The molecule has 2 bridgehead atoms. The van der Waals surface area contributed by atoms with Crippen LogP contribution in [0.15, 0.2) is 29.3 Å². The van der Waals surface area contributed by atoms with Crippen molar-refractivity contribution < 1.29 is 4.79 Å². The molecule has 3 aromatic heterocycles. The van der Waals surface area contributed by atoms with E-state index in [1.54, 1.807) is 17.7 Å². The van der Waals surface area contributed by atoms with E-state index in [0.29, 0.717) is 28.9 Å². The van der Waals surface area contributed by atoms with Gasteiger partial charge in [-0.15, -0.1) is 0 Å². The molecule has 3 aromatic rings. The van der Waals surface area contributed by atoms with Gasteiger partial charge in [0.1, 0.15) is 11.5 Å². The number of aryl methyl sites for hydroxylation is 1. The molecule has 0 atom stereocenters. The van der Waals surface area contributed by atoms with Gasteiger partial charge in [0.15, 0.2) is 5.78 Å². The van der Waals surface area contributed by atoms with Gasteiger partial charge in [-0.2, -0.15) is 4.98 Å². The minimum absolute atomic E-state index is 0.202. The number of anilines is 3. The van der Waals surface area contributed by atoms with Crippen LogP contribution in [0.4, 0.5) is 17.5 Å². The molecule has 9 nitrogen and oxygen atoms in total. The summed E-state index contributed by atoms with van der Waals surface area (Å²) in [4.78, 5) is 41.8. The molecule has 0 spiro atoms. The van der Waals surface area contributed by atoms with Gasteiger partial charge >= 0.3 is 0 Å². The van der Waals surface area contributed by atoms with Crippen LogP contribution in [-0.4, -0.2) is 51.5 Å². The normalized spacial score (nSPS) is 23.7. The van der Waals surface area contributed by atoms with Crippen LogP contribution >= 0.6 is 0 Å². The zero-order valence-corrected chi connectivity index (χ0v) is 18.9. The van der Waals surface area contributed by atoms with E-state index in [9.17, 15) is 9.59 Å². The number of fused-ring (bicyclic) bond motifs is 1. The van der Waals surface area contributed by atoms with Gasteiger partial charge in [-0.05, 0) is 56.7 Å². The monoisotopic (exact) mass is 445 g/mol. The Morgan fingerprint density at radius 3 is 2.52 bits per heavy atom. The standard InChI is InChI=1S/C24H27N7O2/c1-14-18-13-27-23(28-19-4-3-17(12-26-19)30-7-5-25-6-8-30)29-21(18)31(22(33)20(14)15(2)32)24-9-16(10-24)11-24/h3-4,12-13,16,25H,5-11H2,1-2H3,(H,26,27,28,29). The smallest absolute Gasteiger partial charge is 0.263 e. The molecule has 0 amide bonds. The summed E-state index contributed by atoms with van der Waals surface area (Å²) in [7, 11) is 0. The van der Waals surface area contributed by atoms with Crippen LogP contribution in [0.1, 0.15) is 42.1 Å². The third-order valence-electron chi connectivity index (χ3n) is 7.48. The summed E-state index contributed by atoms with van der Waals surface area (Å²) < 4.78 is 1.78. The maximum absolute atomic E-state index is 13.4. The second-order valence-electron chi connectivity index (χ2n) is 9.59. The summed E-state index contributed by atoms with van der Waals surface area (Å²) in [5.74, 6) is 1.51. The van der Waals surface area contributed by atoms with Crippen LogP contribution in [-0.2, 0) is 5.54 Å². The highest BCUT2D eigenvalue weighted by molar-refractivity contribution is 5.99. The fraction of sp³-hybridized carbons (Fsp3) is 0.458. The van der Waals surface area contributed by atoms with Crippen LogP contribution in [0.2, 0.25) is 0 Å². The molecule has 170 valence electrons. The van der Waals surface area contributed by atoms with Crippen molar-refractivity contribution in [3.63, 3.8) is 0 Å². The van der Waals surface area contributed by atoms with Gasteiger partial charge in [-0.25, -0.2) is 9.97 Å². The molecule has 33 heavy (non-hydrogen) atoms. The fourth-order valence-corrected chi connectivity index (χ4v) is 5.62. The Balaban J connectivity index is 1.37. The summed E-state index contributed by atoms with van der Waals surface area (Å²) in [5, 5.41) is 7.28. The van der Waals surface area contributed by atoms with E-state index in [1.165, 1.54) is 6.92 Å². The molecular formula is C24H27N7O2. The Bertz CT molecular complexity index is 1310. The predicted molar refractivity (Wildman–Crippen MR) is 126 cm³/mol. The highest BCUT2D eigenvalue weighted by atomic mass is 16.1. The molecule has 1 aliphatic heterocycles. The minimum atomic E-state index is -0.228. The largest absolute Gasteiger partial charge is 0.368 e. The van der Waals surface area contributed by atoms with Crippen molar-refractivity contribution in [3.05, 3.63) is 46.0 Å². The van der Waals surface area contributed by atoms with E-state index in [0.717, 1.165) is 56.5 Å². The maximum Gasteiger partial charge on any atom is 0.263 e. The topological polar surface area (TPSA) is 105 Å². The number of carbonyl (C=O) groups excluding carboxylic acids is 1. The summed E-state index contributed by atoms with van der Waals surface area (Å²) in [6.45, 7) is 7.13. The second-order valence-corrected chi connectivity index (χ2v) is 9.59. The summed E-state index contributed by atoms with van der Waals surface area (Å²) in [6.07, 6.45) is 6.50. The van der Waals surface area contributed by atoms with Crippen molar-refractivity contribution in [2.45, 2.75) is 38.6 Å². The number of hydrogen-bond donors (Lipinski definition) is 2. The molecule has 4 fully saturated rings. The number of nitrogens with one attached hydrogen (secondary N) is 2. The molecule has 4 heterocycles. The van der Waals surface area contributed by atoms with E-state index >= 15 is 0 Å². The van der Waals surface area contributed by atoms with Crippen molar-refractivity contribution in [2.24, 2.45) is 5.92 Å². The molecule has 0 aromatic carbocycles. The number of hydrogen-bond acceptors (Lipinski definition) is 8. The molecule has 2 N–H and O–H groups in total. The predicted octanol–water partition coefficient (Wildman–Crippen LogP) is 2.36. The van der Waals surface area contributed by atoms with Crippen molar-refractivity contribution in [1.82, 2.24) is 24.8 Å². The Hall–Kier alpha value is -3.33. The second kappa shape index (κ2) is 7.34. The average molecular weight is 446 g/mol. The van der Waals surface area contributed by atoms with Crippen LogP contribution in [0.3, 0.4) is 0 Å². The molecule has 7 rings (SSSR count). The van der Waals surface area contributed by atoms with E-state index in [2.05, 4.69) is 25.5 Å². The van der Waals surface area contributed by atoms with Crippen molar-refractivity contribution >= 4 is 34.3 Å². The van der Waals surface area contributed by atoms with E-state index in [1.807, 2.05) is 18.3 Å². The van der Waals surface area contributed by atoms with Crippen LogP contribution in [0, 0.1) is 12.8 Å². The average Bonchev–Trinajstić information content (AvgIpc) is 2.75. The lowest BCUT2D eigenvalue weighted by molar-refractivity contribution is -0.0884. The first kappa shape index (κ1) is 20.3. The third-order valence-corrected chi connectivity index (χ3v) is 7.48. The number of pyridine rings is 2. The number of Topliss-reactive ketones (excluding diaryl/α,β-unsaturated/α-hetero) is 1. The molecular weight excluding hydrogens is 418 g/mol. The summed E-state index contributed by atoms with van der Waals surface area (Å²) >= 11 is 0. The summed E-state index contributed by atoms with van der Waals surface area (Å²) in [6, 6.07) is 3.96. The van der Waals surface area contributed by atoms with Crippen LogP contribution in [0.25, 0.3) is 11.0 Å². The SMILES string of the molecule is CC(=O)c1c(C)c2cnc(Nc3ccc(N4CCNCC4)cn3)nc2n(C23CC(C2)C3)c1=O. The first-order chi connectivity index (χ1) is 15.9. The zero-order chi connectivity index (χ0) is 22.7. The van der Waals surface area contributed by atoms with Gasteiger partial charge in [0.05, 0.1) is 23.0 Å². The number of rotatable bonds is 5. The van der Waals surface area contributed by atoms with Gasteiger partial charge < -0.3 is 15.5 Å². The van der Waals surface area contributed by atoms with Crippen LogP contribution in [0.5, 0.6) is 0 Å². The first-order valence-corrected chi connectivity index (χ1v) is 11.6. The number of ketones is 1. The van der Waals surface area contributed by atoms with Gasteiger partial charge in [-0.3, -0.25) is 14.2 Å². The van der Waals surface area contributed by atoms with Gasteiger partial charge in [0.2, 0.25) is 5.95 Å². The highest BCUT2D eigenvalue weighted by Gasteiger charge is 2.59. The number of nitrogens with zero attached hydrogens (tertiary/aromatic N) is 5. The number of piperazine rings is 1. The molecule has 1 saturated heterocycles. The van der Waals surface area contributed by atoms with E-state index in [4.69, 9.17) is 4.98 Å². The Labute approximate surface area is 191 Å². The van der Waals surface area contributed by atoms with Gasteiger partial charge in [0.25, 0.3) is 5.56 Å². The quantitative estimate of drug-likeness (QED) is 0.577. The Morgan fingerprint density at radius 1 is 1.15 bits per heavy atom. The third kappa shape index (κ3) is 3.13. The lowest BCUT2D eigenvalue weighted by Crippen LogP contribution is -2.62. The van der Waals surface area contributed by atoms with E-state index in [-0.39, 0.29) is 22.4 Å². The number of aromatic nitrogens is 4. The highest BCUT2D eigenvalue weighted by Crippen LogP contribution is 2.62. The molecule has 0 radical (unpaired) electrons. The zero-order valence-electron chi connectivity index (χ0n) is 18.9. The molecule has 3 aliphatic carbocycles. The van der Waals surface area contributed by atoms with Gasteiger partial charge in [0, 0.05) is 37.8 Å². The number of carbonyl (C=O) groups is 1. The van der Waals surface area contributed by atoms with Crippen molar-refractivity contribution in [2.75, 3.05) is 36.4 Å².